The van der Waals surface area contributed by atoms with E-state index in [0.717, 1.165) is 40.1 Å². The normalized spacial score (nSPS) is 19.1. The number of nitrogens with one attached hydrogen (secondary N) is 1. The molecule has 2 aliphatic heterocycles. The number of hydrogen-bond donors (Lipinski definition) is 1. The zero-order valence-corrected chi connectivity index (χ0v) is 19.5. The van der Waals surface area contributed by atoms with Crippen molar-refractivity contribution in [2.45, 2.75) is 31.3 Å². The van der Waals surface area contributed by atoms with Crippen LogP contribution in [0, 0.1) is 10.1 Å². The van der Waals surface area contributed by atoms with Crippen molar-refractivity contribution < 1.29 is 14.2 Å². The molecule has 1 amide bonds. The van der Waals surface area contributed by atoms with E-state index in [1.165, 1.54) is 12.1 Å². The number of nitro benzene ring substituents is 1. The molecule has 2 atom stereocenters. The number of hydrogen-bond acceptors (Lipinski definition) is 6. The number of rotatable bonds is 5. The van der Waals surface area contributed by atoms with E-state index in [4.69, 9.17) is 4.52 Å². The van der Waals surface area contributed by atoms with Gasteiger partial charge in [-0.15, -0.1) is 0 Å². The number of nitro groups is 1. The monoisotopic (exact) mass is 480 g/mol. The first kappa shape index (κ1) is 22.0. The molecule has 0 unspecified atom stereocenters. The van der Waals surface area contributed by atoms with E-state index in [2.05, 4.69) is 10.5 Å². The minimum atomic E-state index is -0.396. The first-order valence-electron chi connectivity index (χ1n) is 12.0. The van der Waals surface area contributed by atoms with Crippen LogP contribution in [-0.2, 0) is 4.79 Å². The van der Waals surface area contributed by atoms with Gasteiger partial charge in [-0.1, -0.05) is 59.8 Å². The molecule has 0 radical (unpaired) electrons. The van der Waals surface area contributed by atoms with Crippen molar-refractivity contribution in [1.82, 2.24) is 10.1 Å². The molecule has 1 aromatic heterocycles. The van der Waals surface area contributed by atoms with E-state index >= 15 is 0 Å². The van der Waals surface area contributed by atoms with E-state index in [1.54, 1.807) is 12.1 Å². The molecule has 0 aliphatic carbocycles. The molecule has 1 saturated heterocycles. The van der Waals surface area contributed by atoms with Crippen molar-refractivity contribution in [3.05, 3.63) is 100 Å². The summed E-state index contributed by atoms with van der Waals surface area (Å²) < 4.78 is 5.69. The average molecular weight is 481 g/mol. The Bertz CT molecular complexity index is 1430. The lowest BCUT2D eigenvalue weighted by atomic mass is 9.85. The molecule has 1 N–H and O–H groups in total. The molecule has 8 nitrogen and oxygen atoms in total. The largest absolute Gasteiger partial charge is 0.378 e. The summed E-state index contributed by atoms with van der Waals surface area (Å²) in [6.45, 7) is 0.707. The van der Waals surface area contributed by atoms with Gasteiger partial charge in [-0.2, -0.15) is 0 Å². The number of carbonyl (C=O) groups excluding carboxylic acids is 1. The van der Waals surface area contributed by atoms with Gasteiger partial charge in [-0.25, -0.2) is 0 Å². The van der Waals surface area contributed by atoms with Crippen LogP contribution in [0.5, 0.6) is 0 Å². The summed E-state index contributed by atoms with van der Waals surface area (Å²) in [5.41, 5.74) is 5.55. The number of benzene rings is 3. The molecule has 0 saturated carbocycles. The summed E-state index contributed by atoms with van der Waals surface area (Å²) in [5, 5.41) is 19.1. The van der Waals surface area contributed by atoms with Gasteiger partial charge in [0.05, 0.1) is 17.0 Å². The molecule has 2 aliphatic rings. The van der Waals surface area contributed by atoms with E-state index in [1.807, 2.05) is 59.5 Å². The van der Waals surface area contributed by atoms with Crippen molar-refractivity contribution in [3.63, 3.8) is 0 Å². The molecule has 4 aromatic rings. The summed E-state index contributed by atoms with van der Waals surface area (Å²) in [5.74, 6) is 0.833. The maximum Gasteiger partial charge on any atom is 0.269 e. The Morgan fingerprint density at radius 2 is 1.83 bits per heavy atom. The Hall–Kier alpha value is -4.46. The highest BCUT2D eigenvalue weighted by Gasteiger charge is 2.38. The van der Waals surface area contributed by atoms with Gasteiger partial charge < -0.3 is 14.7 Å². The lowest BCUT2D eigenvalue weighted by molar-refractivity contribution is -0.384. The van der Waals surface area contributed by atoms with Crippen LogP contribution < -0.4 is 5.32 Å². The van der Waals surface area contributed by atoms with Crippen LogP contribution in [0.3, 0.4) is 0 Å². The van der Waals surface area contributed by atoms with Crippen molar-refractivity contribution in [1.29, 1.82) is 0 Å². The first-order chi connectivity index (χ1) is 17.6. The lowest BCUT2D eigenvalue weighted by Crippen LogP contribution is -2.35. The fourth-order valence-corrected chi connectivity index (χ4v) is 5.33. The fraction of sp³-hybridized carbons (Fsp3) is 0.214. The third kappa shape index (κ3) is 3.90. The molecule has 6 rings (SSSR count). The maximum absolute atomic E-state index is 12.9. The second kappa shape index (κ2) is 8.96. The molecular formula is C28H24N4O4. The Morgan fingerprint density at radius 3 is 2.56 bits per heavy atom. The molecule has 36 heavy (non-hydrogen) atoms. The van der Waals surface area contributed by atoms with Gasteiger partial charge >= 0.3 is 0 Å². The van der Waals surface area contributed by atoms with Gasteiger partial charge in [0.15, 0.2) is 5.76 Å². The summed E-state index contributed by atoms with van der Waals surface area (Å²) in [4.78, 5) is 25.6. The number of likely N-dealkylation sites (tertiary alicyclic amines) is 1. The predicted octanol–water partition coefficient (Wildman–Crippen LogP) is 6.14. The SMILES string of the molecule is O=C1CCCN1[C@H]1C[C@H](c2ccc([N+](=O)[O-])cc2)Nc2cccc(-c3cc(-c4ccccc4)on3)c21. The zero-order valence-electron chi connectivity index (χ0n) is 19.5. The van der Waals surface area contributed by atoms with Gasteiger partial charge in [-0.3, -0.25) is 14.9 Å². The molecule has 180 valence electrons. The Balaban J connectivity index is 1.41. The summed E-state index contributed by atoms with van der Waals surface area (Å²) in [6.07, 6.45) is 2.03. The number of amides is 1. The van der Waals surface area contributed by atoms with E-state index in [-0.39, 0.29) is 23.7 Å². The fourth-order valence-electron chi connectivity index (χ4n) is 5.33. The van der Waals surface area contributed by atoms with Crippen LogP contribution in [0.4, 0.5) is 11.4 Å². The van der Waals surface area contributed by atoms with Gasteiger partial charge in [-0.05, 0) is 24.5 Å². The third-order valence-electron chi connectivity index (χ3n) is 7.06. The quantitative estimate of drug-likeness (QED) is 0.272. The molecule has 0 bridgehead atoms. The molecule has 3 heterocycles. The Morgan fingerprint density at radius 1 is 1.03 bits per heavy atom. The molecular weight excluding hydrogens is 456 g/mol. The van der Waals surface area contributed by atoms with Gasteiger partial charge in [0.1, 0.15) is 5.69 Å². The first-order valence-corrected chi connectivity index (χ1v) is 12.0. The number of nitrogens with zero attached hydrogens (tertiary/aromatic N) is 3. The maximum atomic E-state index is 12.9. The van der Waals surface area contributed by atoms with Crippen LogP contribution in [0.1, 0.15) is 42.5 Å². The standard InChI is InChI=1S/C28H24N4O4/c33-27-10-5-15-31(27)25-16-23(18-11-13-20(14-12-18)32(34)35)29-22-9-4-8-21(28(22)25)24-17-26(36-30-24)19-6-2-1-3-7-19/h1-4,6-9,11-14,17,23,25,29H,5,10,15-16H2/t23-,25+/m1/s1. The number of aromatic nitrogens is 1. The highest BCUT2D eigenvalue weighted by Crippen LogP contribution is 2.47. The average Bonchev–Trinajstić information content (AvgIpc) is 3.58. The second-order valence-electron chi connectivity index (χ2n) is 9.20. The van der Waals surface area contributed by atoms with Crippen molar-refractivity contribution >= 4 is 17.3 Å². The number of fused-ring (bicyclic) bond motifs is 1. The zero-order chi connectivity index (χ0) is 24.6. The van der Waals surface area contributed by atoms with Crippen LogP contribution in [-0.4, -0.2) is 27.4 Å². The van der Waals surface area contributed by atoms with E-state index in [0.29, 0.717) is 25.1 Å². The van der Waals surface area contributed by atoms with Crippen LogP contribution in [0.25, 0.3) is 22.6 Å². The minimum Gasteiger partial charge on any atom is -0.378 e. The topological polar surface area (TPSA) is 102 Å². The van der Waals surface area contributed by atoms with Gasteiger partial charge in [0.2, 0.25) is 5.91 Å². The second-order valence-corrected chi connectivity index (χ2v) is 9.20. The van der Waals surface area contributed by atoms with E-state index < -0.39 is 4.92 Å². The molecule has 1 fully saturated rings. The highest BCUT2D eigenvalue weighted by atomic mass is 16.6. The molecule has 3 aromatic carbocycles. The number of anilines is 1. The predicted molar refractivity (Wildman–Crippen MR) is 135 cm³/mol. The lowest BCUT2D eigenvalue weighted by Gasteiger charge is -2.39. The van der Waals surface area contributed by atoms with Gasteiger partial charge in [0, 0.05) is 53.5 Å². The van der Waals surface area contributed by atoms with Crippen LogP contribution in [0.2, 0.25) is 0 Å². The molecule has 0 spiro atoms. The smallest absolute Gasteiger partial charge is 0.269 e. The number of non-ortho nitro benzene ring substituents is 1. The van der Waals surface area contributed by atoms with Crippen molar-refractivity contribution in [2.24, 2.45) is 0 Å². The number of carbonyl (C=O) groups is 1. The van der Waals surface area contributed by atoms with Crippen LogP contribution in [0.15, 0.2) is 83.4 Å². The minimum absolute atomic E-state index is 0.0590. The summed E-state index contributed by atoms with van der Waals surface area (Å²) in [6, 6.07) is 24.2. The van der Waals surface area contributed by atoms with Crippen LogP contribution >= 0.6 is 0 Å². The Labute approximate surface area is 207 Å². The van der Waals surface area contributed by atoms with Gasteiger partial charge in [0.25, 0.3) is 5.69 Å². The van der Waals surface area contributed by atoms with E-state index in [9.17, 15) is 14.9 Å². The molecule has 8 heteroatoms. The Kier molecular flexibility index (Phi) is 5.48. The van der Waals surface area contributed by atoms with Crippen molar-refractivity contribution in [3.8, 4) is 22.6 Å². The highest BCUT2D eigenvalue weighted by molar-refractivity contribution is 5.82. The van der Waals surface area contributed by atoms with Crippen molar-refractivity contribution in [2.75, 3.05) is 11.9 Å². The third-order valence-corrected chi connectivity index (χ3v) is 7.06. The summed E-state index contributed by atoms with van der Waals surface area (Å²) >= 11 is 0. The summed E-state index contributed by atoms with van der Waals surface area (Å²) in [7, 11) is 0.